The van der Waals surface area contributed by atoms with E-state index in [1.54, 1.807) is 0 Å². The fourth-order valence-electron chi connectivity index (χ4n) is 1.11. The minimum absolute atomic E-state index is 0.288. The Balaban J connectivity index is 2.67. The Morgan fingerprint density at radius 1 is 1.43 bits per heavy atom. The van der Waals surface area contributed by atoms with Crippen LogP contribution in [-0.2, 0) is 0 Å². The van der Waals surface area contributed by atoms with Gasteiger partial charge in [-0.25, -0.2) is 19.2 Å². The minimum Gasteiger partial charge on any atom is -0.475 e. The molecule has 0 atom stereocenters. The average molecular weight is 192 g/mol. The number of benzene rings is 1. The number of fused-ring (bicyclic) bond motifs is 1. The predicted molar refractivity (Wildman–Crippen MR) is 46.5 cm³/mol. The van der Waals surface area contributed by atoms with Gasteiger partial charge in [-0.15, -0.1) is 0 Å². The number of aromatic nitrogens is 2. The van der Waals surface area contributed by atoms with E-state index in [1.807, 2.05) is 0 Å². The van der Waals surface area contributed by atoms with Gasteiger partial charge in [0.2, 0.25) is 5.82 Å². The quantitative estimate of drug-likeness (QED) is 0.743. The van der Waals surface area contributed by atoms with Crippen molar-refractivity contribution in [1.29, 1.82) is 0 Å². The molecule has 70 valence electrons. The molecule has 1 N–H and O–H groups in total. The number of hydrogen-bond donors (Lipinski definition) is 1. The van der Waals surface area contributed by atoms with Crippen LogP contribution in [0.4, 0.5) is 4.39 Å². The van der Waals surface area contributed by atoms with Crippen molar-refractivity contribution in [2.75, 3.05) is 0 Å². The van der Waals surface area contributed by atoms with Gasteiger partial charge < -0.3 is 5.11 Å². The van der Waals surface area contributed by atoms with Crippen LogP contribution in [0.3, 0.4) is 0 Å². The fraction of sp³-hybridized carbons (Fsp3) is 0. The maximum absolute atomic E-state index is 12.7. The molecule has 0 bridgehead atoms. The second-order valence-electron chi connectivity index (χ2n) is 2.70. The normalized spacial score (nSPS) is 10.4. The summed E-state index contributed by atoms with van der Waals surface area (Å²) in [6.45, 7) is 0. The number of halogens is 1. The molecule has 0 aliphatic rings. The van der Waals surface area contributed by atoms with Crippen LogP contribution in [0, 0.1) is 5.82 Å². The van der Waals surface area contributed by atoms with Gasteiger partial charge in [-0.05, 0) is 18.2 Å². The highest BCUT2D eigenvalue weighted by Gasteiger charge is 2.07. The van der Waals surface area contributed by atoms with Crippen LogP contribution in [0.25, 0.3) is 10.9 Å². The van der Waals surface area contributed by atoms with Crippen LogP contribution in [0.5, 0.6) is 0 Å². The summed E-state index contributed by atoms with van der Waals surface area (Å²) >= 11 is 0. The predicted octanol–water partition coefficient (Wildman–Crippen LogP) is 1.47. The maximum atomic E-state index is 12.7. The highest BCUT2D eigenvalue weighted by molar-refractivity contribution is 5.87. The smallest absolute Gasteiger partial charge is 0.373 e. The van der Waals surface area contributed by atoms with Gasteiger partial charge >= 0.3 is 5.97 Å². The molecule has 0 radical (unpaired) electrons. The molecular weight excluding hydrogens is 187 g/mol. The molecule has 0 saturated carbocycles. The van der Waals surface area contributed by atoms with Gasteiger partial charge in [0.1, 0.15) is 5.82 Å². The summed E-state index contributed by atoms with van der Waals surface area (Å²) in [5, 5.41) is 9.08. The number of carbonyl (C=O) groups is 1. The number of aromatic carboxylic acids is 1. The standard InChI is InChI=1S/C9H5FN2O2/c10-6-1-2-7-5(3-6)4-11-8(12-7)9(13)14/h1-4H,(H,13,14). The lowest BCUT2D eigenvalue weighted by Crippen LogP contribution is -2.03. The Morgan fingerprint density at radius 2 is 2.21 bits per heavy atom. The van der Waals surface area contributed by atoms with Crippen molar-refractivity contribution in [3.05, 3.63) is 36.0 Å². The van der Waals surface area contributed by atoms with Crippen LogP contribution in [0.1, 0.15) is 10.6 Å². The number of carboxylic acid groups (broad SMARTS) is 1. The highest BCUT2D eigenvalue weighted by Crippen LogP contribution is 2.12. The van der Waals surface area contributed by atoms with Crippen molar-refractivity contribution in [2.24, 2.45) is 0 Å². The molecule has 0 aliphatic heterocycles. The first-order valence-corrected chi connectivity index (χ1v) is 3.82. The van der Waals surface area contributed by atoms with Gasteiger partial charge in [0.05, 0.1) is 5.52 Å². The first-order chi connectivity index (χ1) is 6.66. The summed E-state index contributed by atoms with van der Waals surface area (Å²) in [6.07, 6.45) is 1.29. The molecule has 0 saturated heterocycles. The Kier molecular flexibility index (Phi) is 1.85. The Labute approximate surface area is 78.0 Å². The molecular formula is C9H5FN2O2. The zero-order chi connectivity index (χ0) is 10.1. The van der Waals surface area contributed by atoms with Crippen LogP contribution in [0.15, 0.2) is 24.4 Å². The second kappa shape index (κ2) is 3.02. The molecule has 4 nitrogen and oxygen atoms in total. The molecule has 1 aromatic heterocycles. The second-order valence-corrected chi connectivity index (χ2v) is 2.70. The van der Waals surface area contributed by atoms with E-state index < -0.39 is 11.8 Å². The summed E-state index contributed by atoms with van der Waals surface area (Å²) < 4.78 is 12.7. The summed E-state index contributed by atoms with van der Waals surface area (Å²) in [5.74, 6) is -1.88. The summed E-state index contributed by atoms with van der Waals surface area (Å²) in [5.41, 5.74) is 0.416. The van der Waals surface area contributed by atoms with Gasteiger partial charge in [0.15, 0.2) is 0 Å². The molecule has 0 aliphatic carbocycles. The number of hydrogen-bond acceptors (Lipinski definition) is 3. The van der Waals surface area contributed by atoms with Crippen molar-refractivity contribution in [3.63, 3.8) is 0 Å². The van der Waals surface area contributed by atoms with Gasteiger partial charge in [-0.1, -0.05) is 0 Å². The van der Waals surface area contributed by atoms with Gasteiger partial charge in [-0.2, -0.15) is 0 Å². The van der Waals surface area contributed by atoms with Crippen LogP contribution in [-0.4, -0.2) is 21.0 Å². The summed E-state index contributed by atoms with van der Waals surface area (Å²) in [4.78, 5) is 17.8. The third-order valence-corrected chi connectivity index (χ3v) is 1.73. The molecule has 5 heteroatoms. The molecule has 1 heterocycles. The van der Waals surface area contributed by atoms with Crippen LogP contribution < -0.4 is 0 Å². The molecule has 0 fully saturated rings. The van der Waals surface area contributed by atoms with E-state index in [0.717, 1.165) is 0 Å². The highest BCUT2D eigenvalue weighted by atomic mass is 19.1. The molecule has 0 spiro atoms. The van der Waals surface area contributed by atoms with E-state index in [1.165, 1.54) is 24.4 Å². The first-order valence-electron chi connectivity index (χ1n) is 3.82. The zero-order valence-corrected chi connectivity index (χ0v) is 6.94. The Hall–Kier alpha value is -2.04. The van der Waals surface area contributed by atoms with Crippen molar-refractivity contribution < 1.29 is 14.3 Å². The lowest BCUT2D eigenvalue weighted by atomic mass is 10.2. The fourth-order valence-corrected chi connectivity index (χ4v) is 1.11. The monoisotopic (exact) mass is 192 g/mol. The van der Waals surface area contributed by atoms with E-state index in [4.69, 9.17) is 5.11 Å². The van der Waals surface area contributed by atoms with Crippen LogP contribution >= 0.6 is 0 Å². The number of carboxylic acids is 1. The minimum atomic E-state index is -1.20. The molecule has 14 heavy (non-hydrogen) atoms. The van der Waals surface area contributed by atoms with E-state index in [2.05, 4.69) is 9.97 Å². The third-order valence-electron chi connectivity index (χ3n) is 1.73. The molecule has 2 rings (SSSR count). The third kappa shape index (κ3) is 1.39. The maximum Gasteiger partial charge on any atom is 0.373 e. The molecule has 1 aromatic carbocycles. The number of rotatable bonds is 1. The van der Waals surface area contributed by atoms with Crippen molar-refractivity contribution >= 4 is 16.9 Å². The topological polar surface area (TPSA) is 63.1 Å². The van der Waals surface area contributed by atoms with E-state index in [0.29, 0.717) is 10.9 Å². The molecule has 0 amide bonds. The Bertz CT molecular complexity index is 513. The van der Waals surface area contributed by atoms with E-state index in [9.17, 15) is 9.18 Å². The van der Waals surface area contributed by atoms with E-state index >= 15 is 0 Å². The van der Waals surface area contributed by atoms with Crippen molar-refractivity contribution in [3.8, 4) is 0 Å². The van der Waals surface area contributed by atoms with Crippen molar-refractivity contribution in [2.45, 2.75) is 0 Å². The summed E-state index contributed by atoms with van der Waals surface area (Å²) in [7, 11) is 0. The molecule has 0 unspecified atom stereocenters. The average Bonchev–Trinajstić information content (AvgIpc) is 2.16. The van der Waals surface area contributed by atoms with Gasteiger partial charge in [-0.3, -0.25) is 0 Å². The number of nitrogens with zero attached hydrogens (tertiary/aromatic N) is 2. The van der Waals surface area contributed by atoms with E-state index in [-0.39, 0.29) is 5.82 Å². The van der Waals surface area contributed by atoms with Crippen molar-refractivity contribution in [1.82, 2.24) is 9.97 Å². The van der Waals surface area contributed by atoms with Crippen LogP contribution in [0.2, 0.25) is 0 Å². The summed E-state index contributed by atoms with van der Waals surface area (Å²) in [6, 6.07) is 3.89. The SMILES string of the molecule is O=C(O)c1ncc2cc(F)ccc2n1. The van der Waals surface area contributed by atoms with Gasteiger partial charge in [0.25, 0.3) is 0 Å². The largest absolute Gasteiger partial charge is 0.475 e. The lowest BCUT2D eigenvalue weighted by Gasteiger charge is -1.97. The lowest BCUT2D eigenvalue weighted by molar-refractivity contribution is 0.0684. The molecule has 2 aromatic rings. The Morgan fingerprint density at radius 3 is 2.93 bits per heavy atom. The van der Waals surface area contributed by atoms with Gasteiger partial charge in [0, 0.05) is 11.6 Å². The first kappa shape index (κ1) is 8.55. The zero-order valence-electron chi connectivity index (χ0n) is 6.94.